The summed E-state index contributed by atoms with van der Waals surface area (Å²) < 4.78 is 5.88. The maximum atomic E-state index is 12.6. The molecule has 5 heteroatoms. The number of nitrogens with one attached hydrogen (secondary N) is 1. The van der Waals surface area contributed by atoms with Crippen molar-refractivity contribution < 1.29 is 9.53 Å². The Bertz CT molecular complexity index is 767. The van der Waals surface area contributed by atoms with Crippen LogP contribution >= 0.6 is 23.2 Å². The van der Waals surface area contributed by atoms with Crippen molar-refractivity contribution in [2.75, 3.05) is 11.9 Å². The van der Waals surface area contributed by atoms with Crippen molar-refractivity contribution in [2.24, 2.45) is 5.41 Å². The van der Waals surface area contributed by atoms with E-state index in [1.807, 2.05) is 33.8 Å². The van der Waals surface area contributed by atoms with Gasteiger partial charge in [-0.25, -0.2) is 0 Å². The van der Waals surface area contributed by atoms with Crippen molar-refractivity contribution in [3.8, 4) is 5.75 Å². The van der Waals surface area contributed by atoms with Gasteiger partial charge in [-0.1, -0.05) is 49.2 Å². The van der Waals surface area contributed by atoms with E-state index in [-0.39, 0.29) is 5.91 Å². The fourth-order valence-corrected chi connectivity index (χ4v) is 3.12. The third kappa shape index (κ3) is 5.93. The fourth-order valence-electron chi connectivity index (χ4n) is 2.60. The van der Waals surface area contributed by atoms with E-state index >= 15 is 0 Å². The molecule has 0 aromatic heterocycles. The summed E-state index contributed by atoms with van der Waals surface area (Å²) in [7, 11) is 0. The lowest BCUT2D eigenvalue weighted by molar-refractivity contribution is -0.124. The molecule has 26 heavy (non-hydrogen) atoms. The summed E-state index contributed by atoms with van der Waals surface area (Å²) in [6, 6.07) is 11.2. The Hall–Kier alpha value is -1.71. The normalized spacial score (nSPS) is 11.3. The van der Waals surface area contributed by atoms with Gasteiger partial charge in [0.25, 0.3) is 0 Å². The van der Waals surface area contributed by atoms with E-state index < -0.39 is 5.41 Å². The summed E-state index contributed by atoms with van der Waals surface area (Å²) >= 11 is 12.0. The third-order valence-corrected chi connectivity index (χ3v) is 4.72. The van der Waals surface area contributed by atoms with E-state index in [0.29, 0.717) is 28.8 Å². The van der Waals surface area contributed by atoms with Crippen LogP contribution in [0.1, 0.15) is 37.8 Å². The van der Waals surface area contributed by atoms with Gasteiger partial charge in [0.15, 0.2) is 0 Å². The highest BCUT2D eigenvalue weighted by molar-refractivity contribution is 6.35. The quantitative estimate of drug-likeness (QED) is 0.549. The molecule has 0 saturated carbocycles. The Morgan fingerprint density at radius 2 is 1.73 bits per heavy atom. The number of carbonyl (C=O) groups is 1. The lowest BCUT2D eigenvalue weighted by atomic mass is 9.87. The molecule has 1 amide bonds. The summed E-state index contributed by atoms with van der Waals surface area (Å²) in [4.78, 5) is 12.6. The highest BCUT2D eigenvalue weighted by Gasteiger charge is 2.27. The average molecular weight is 394 g/mol. The van der Waals surface area contributed by atoms with Crippen LogP contribution in [0.2, 0.25) is 10.0 Å². The lowest BCUT2D eigenvalue weighted by Crippen LogP contribution is -2.31. The molecule has 0 saturated heterocycles. The monoisotopic (exact) mass is 393 g/mol. The number of anilines is 1. The fraction of sp³-hybridized carbons (Fsp3) is 0.381. The molecule has 140 valence electrons. The molecular weight excluding hydrogens is 369 g/mol. The molecule has 0 aliphatic carbocycles. The van der Waals surface area contributed by atoms with Crippen LogP contribution in [0.15, 0.2) is 36.4 Å². The van der Waals surface area contributed by atoms with Gasteiger partial charge in [0, 0.05) is 21.1 Å². The van der Waals surface area contributed by atoms with E-state index in [0.717, 1.165) is 17.7 Å². The topological polar surface area (TPSA) is 38.3 Å². The Balaban J connectivity index is 1.87. The standard InChI is InChI=1S/C21H25Cl2NO2/c1-14-6-7-15(2)19(10-14)26-9-5-8-21(3,4)20(25)24-18-12-16(22)11-17(23)13-18/h6-7,10-13H,5,8-9H2,1-4H3,(H,24,25). The number of hydrogen-bond donors (Lipinski definition) is 1. The summed E-state index contributed by atoms with van der Waals surface area (Å²) in [5, 5.41) is 3.88. The van der Waals surface area contributed by atoms with Crippen LogP contribution in [-0.4, -0.2) is 12.5 Å². The second-order valence-corrected chi connectivity index (χ2v) is 8.09. The van der Waals surface area contributed by atoms with E-state index in [9.17, 15) is 4.79 Å². The number of hydrogen-bond acceptors (Lipinski definition) is 2. The number of ether oxygens (including phenoxy) is 1. The van der Waals surface area contributed by atoms with Crippen LogP contribution in [-0.2, 0) is 4.79 Å². The van der Waals surface area contributed by atoms with E-state index in [2.05, 4.69) is 17.4 Å². The van der Waals surface area contributed by atoms with Gasteiger partial charge in [0.2, 0.25) is 5.91 Å². The second-order valence-electron chi connectivity index (χ2n) is 7.22. The Morgan fingerprint density at radius 1 is 1.08 bits per heavy atom. The molecule has 2 aromatic rings. The van der Waals surface area contributed by atoms with Crippen molar-refractivity contribution in [1.29, 1.82) is 0 Å². The Kier molecular flexibility index (Phi) is 6.96. The molecule has 3 nitrogen and oxygen atoms in total. The highest BCUT2D eigenvalue weighted by Crippen LogP contribution is 2.28. The number of carbonyl (C=O) groups excluding carboxylic acids is 1. The second kappa shape index (κ2) is 8.79. The molecule has 0 bridgehead atoms. The molecule has 0 radical (unpaired) electrons. The molecule has 2 aromatic carbocycles. The van der Waals surface area contributed by atoms with Gasteiger partial charge >= 0.3 is 0 Å². The van der Waals surface area contributed by atoms with Crippen LogP contribution in [0.4, 0.5) is 5.69 Å². The summed E-state index contributed by atoms with van der Waals surface area (Å²) in [6.07, 6.45) is 1.49. The average Bonchev–Trinajstić information content (AvgIpc) is 2.53. The maximum Gasteiger partial charge on any atom is 0.230 e. The molecule has 0 atom stereocenters. The van der Waals surface area contributed by atoms with Gasteiger partial charge in [0.05, 0.1) is 6.61 Å². The molecule has 0 aliphatic heterocycles. The van der Waals surface area contributed by atoms with Gasteiger partial charge in [-0.05, 0) is 62.1 Å². The van der Waals surface area contributed by atoms with E-state index in [4.69, 9.17) is 27.9 Å². The zero-order valence-electron chi connectivity index (χ0n) is 15.7. The molecule has 2 rings (SSSR count). The first-order valence-corrected chi connectivity index (χ1v) is 9.40. The number of aryl methyl sites for hydroxylation is 2. The minimum Gasteiger partial charge on any atom is -0.493 e. The Morgan fingerprint density at radius 3 is 2.38 bits per heavy atom. The van der Waals surface area contributed by atoms with Crippen LogP contribution < -0.4 is 10.1 Å². The molecule has 1 N–H and O–H groups in total. The molecule has 0 heterocycles. The number of rotatable bonds is 7. The molecule has 0 fully saturated rings. The molecule has 0 spiro atoms. The van der Waals surface area contributed by atoms with E-state index in [1.54, 1.807) is 18.2 Å². The minimum absolute atomic E-state index is 0.0671. The highest BCUT2D eigenvalue weighted by atomic mass is 35.5. The van der Waals surface area contributed by atoms with Crippen molar-refractivity contribution in [1.82, 2.24) is 0 Å². The summed E-state index contributed by atoms with van der Waals surface area (Å²) in [5.41, 5.74) is 2.36. The molecular formula is C21H25Cl2NO2. The first-order chi connectivity index (χ1) is 12.2. The minimum atomic E-state index is -0.528. The largest absolute Gasteiger partial charge is 0.493 e. The number of halogens is 2. The van der Waals surface area contributed by atoms with E-state index in [1.165, 1.54) is 5.56 Å². The van der Waals surface area contributed by atoms with Crippen LogP contribution in [0.5, 0.6) is 5.75 Å². The van der Waals surface area contributed by atoms with Crippen molar-refractivity contribution in [3.05, 3.63) is 57.6 Å². The number of amides is 1. The SMILES string of the molecule is Cc1ccc(C)c(OCCCC(C)(C)C(=O)Nc2cc(Cl)cc(Cl)c2)c1. The summed E-state index contributed by atoms with van der Waals surface area (Å²) in [5.74, 6) is 0.836. The van der Waals surface area contributed by atoms with Crippen molar-refractivity contribution in [3.63, 3.8) is 0 Å². The van der Waals surface area contributed by atoms with Crippen molar-refractivity contribution >= 4 is 34.8 Å². The zero-order chi connectivity index (χ0) is 19.3. The maximum absolute atomic E-state index is 12.6. The predicted molar refractivity (Wildman–Crippen MR) is 110 cm³/mol. The summed E-state index contributed by atoms with van der Waals surface area (Å²) in [6.45, 7) is 8.49. The van der Waals surface area contributed by atoms with Crippen molar-refractivity contribution in [2.45, 2.75) is 40.5 Å². The van der Waals surface area contributed by atoms with Gasteiger partial charge in [-0.15, -0.1) is 0 Å². The lowest BCUT2D eigenvalue weighted by Gasteiger charge is -2.24. The number of benzene rings is 2. The first kappa shape index (κ1) is 20.6. The molecule has 0 aliphatic rings. The van der Waals surface area contributed by atoms with Gasteiger partial charge in [-0.3, -0.25) is 4.79 Å². The first-order valence-electron chi connectivity index (χ1n) is 8.65. The molecule has 0 unspecified atom stereocenters. The Labute approximate surface area is 165 Å². The third-order valence-electron chi connectivity index (χ3n) is 4.28. The van der Waals surface area contributed by atoms with Crippen LogP contribution in [0, 0.1) is 19.3 Å². The van der Waals surface area contributed by atoms with Gasteiger partial charge < -0.3 is 10.1 Å². The van der Waals surface area contributed by atoms with Crippen LogP contribution in [0.3, 0.4) is 0 Å². The van der Waals surface area contributed by atoms with Gasteiger partial charge in [-0.2, -0.15) is 0 Å². The van der Waals surface area contributed by atoms with Gasteiger partial charge in [0.1, 0.15) is 5.75 Å². The smallest absolute Gasteiger partial charge is 0.230 e. The zero-order valence-corrected chi connectivity index (χ0v) is 17.2. The predicted octanol–water partition coefficient (Wildman–Crippen LogP) is 6.43. The van der Waals surface area contributed by atoms with Crippen LogP contribution in [0.25, 0.3) is 0 Å².